The van der Waals surface area contributed by atoms with Crippen LogP contribution in [0.2, 0.25) is 0 Å². The van der Waals surface area contributed by atoms with Crippen LogP contribution in [0.25, 0.3) is 0 Å². The molecule has 2 nitrogen and oxygen atoms in total. The molecule has 0 aromatic heterocycles. The number of benzene rings is 2. The van der Waals surface area contributed by atoms with Crippen LogP contribution >= 0.6 is 11.8 Å². The lowest BCUT2D eigenvalue weighted by atomic mass is 10.1. The third kappa shape index (κ3) is 4.44. The highest BCUT2D eigenvalue weighted by Gasteiger charge is 2.10. The first-order valence-corrected chi connectivity index (χ1v) is 7.65. The molecule has 1 atom stereocenters. The predicted molar refractivity (Wildman–Crippen MR) is 81.6 cm³/mol. The molecule has 0 radical (unpaired) electrons. The number of rotatable bonds is 6. The van der Waals surface area contributed by atoms with E-state index < -0.39 is 11.6 Å². The maximum Gasteiger partial charge on any atom is 0.136 e. The van der Waals surface area contributed by atoms with Gasteiger partial charge in [0.25, 0.3) is 0 Å². The summed E-state index contributed by atoms with van der Waals surface area (Å²) in [7, 11) is 0. The molecule has 5 heteroatoms. The Hall–Kier alpha value is -1.59. The minimum atomic E-state index is -0.450. The normalized spacial score (nSPS) is 12.2. The maximum atomic E-state index is 13.5. The van der Waals surface area contributed by atoms with Crippen LogP contribution in [0.15, 0.2) is 47.4 Å². The lowest BCUT2D eigenvalue weighted by Crippen LogP contribution is -2.13. The molecule has 2 aromatic rings. The van der Waals surface area contributed by atoms with E-state index in [-0.39, 0.29) is 10.9 Å². The van der Waals surface area contributed by atoms with Gasteiger partial charge in [-0.15, -0.1) is 11.8 Å². The van der Waals surface area contributed by atoms with E-state index in [1.54, 1.807) is 0 Å². The second-order valence-corrected chi connectivity index (χ2v) is 5.56. The summed E-state index contributed by atoms with van der Waals surface area (Å²) >= 11 is 1.21. The molecule has 1 unspecified atom stereocenters. The summed E-state index contributed by atoms with van der Waals surface area (Å²) in [6, 6.07) is 10.6. The van der Waals surface area contributed by atoms with Crippen molar-refractivity contribution in [1.29, 1.82) is 0 Å². The fourth-order valence-corrected chi connectivity index (χ4v) is 2.79. The smallest absolute Gasteiger partial charge is 0.136 e. The van der Waals surface area contributed by atoms with Gasteiger partial charge in [0.15, 0.2) is 0 Å². The third-order valence-corrected chi connectivity index (χ3v) is 4.08. The molecule has 0 bridgehead atoms. The van der Waals surface area contributed by atoms with Crippen LogP contribution in [0.3, 0.4) is 0 Å². The highest BCUT2D eigenvalue weighted by atomic mass is 32.2. The van der Waals surface area contributed by atoms with Crippen LogP contribution in [-0.2, 0) is 0 Å². The number of nitrogens with two attached hydrogens (primary N) is 1. The molecule has 0 fully saturated rings. The Kier molecular flexibility index (Phi) is 5.59. The quantitative estimate of drug-likeness (QED) is 0.814. The molecule has 2 aromatic carbocycles. The van der Waals surface area contributed by atoms with Gasteiger partial charge in [-0.3, -0.25) is 0 Å². The Bertz CT molecular complexity index is 589. The Labute approximate surface area is 127 Å². The maximum absolute atomic E-state index is 13.5. The van der Waals surface area contributed by atoms with Gasteiger partial charge in [0.05, 0.1) is 6.61 Å². The van der Waals surface area contributed by atoms with Gasteiger partial charge >= 0.3 is 0 Å². The molecule has 0 aliphatic carbocycles. The topological polar surface area (TPSA) is 35.2 Å². The molecule has 112 valence electrons. The molecule has 0 spiro atoms. The number of hydrogen-bond donors (Lipinski definition) is 1. The fourth-order valence-electron chi connectivity index (χ4n) is 1.84. The van der Waals surface area contributed by atoms with E-state index in [1.807, 2.05) is 31.2 Å². The standard InChI is InChI=1S/C16H17F2NOS/c1-2-20-13-6-3-11(4-7-13)15(19)10-21-16-9-12(17)5-8-14(16)18/h3-9,15H,2,10,19H2,1H3. The van der Waals surface area contributed by atoms with Crippen LogP contribution in [0.4, 0.5) is 8.78 Å². The van der Waals surface area contributed by atoms with Crippen molar-refractivity contribution >= 4 is 11.8 Å². The van der Waals surface area contributed by atoms with E-state index in [4.69, 9.17) is 10.5 Å². The molecule has 2 N–H and O–H groups in total. The Morgan fingerprint density at radius 1 is 1.14 bits per heavy atom. The van der Waals surface area contributed by atoms with Crippen molar-refractivity contribution in [3.63, 3.8) is 0 Å². The summed E-state index contributed by atoms with van der Waals surface area (Å²) in [6.07, 6.45) is 0. The summed E-state index contributed by atoms with van der Waals surface area (Å²) in [5.41, 5.74) is 7.01. The summed E-state index contributed by atoms with van der Waals surface area (Å²) < 4.78 is 32.0. The minimum Gasteiger partial charge on any atom is -0.494 e. The summed E-state index contributed by atoms with van der Waals surface area (Å²) in [6.45, 7) is 2.53. The molecular weight excluding hydrogens is 292 g/mol. The van der Waals surface area contributed by atoms with Gasteiger partial charge in [0, 0.05) is 16.7 Å². The average molecular weight is 309 g/mol. The predicted octanol–water partition coefficient (Wildman–Crippen LogP) is 4.16. The summed E-state index contributed by atoms with van der Waals surface area (Å²) in [5.74, 6) is 0.375. The average Bonchev–Trinajstić information content (AvgIpc) is 2.49. The van der Waals surface area contributed by atoms with E-state index >= 15 is 0 Å². The van der Waals surface area contributed by atoms with Gasteiger partial charge in [-0.05, 0) is 42.8 Å². The molecule has 0 amide bonds. The van der Waals surface area contributed by atoms with Crippen molar-refractivity contribution in [2.75, 3.05) is 12.4 Å². The van der Waals surface area contributed by atoms with Crippen LogP contribution in [0.1, 0.15) is 18.5 Å². The van der Waals surface area contributed by atoms with Gasteiger partial charge in [0.2, 0.25) is 0 Å². The fraction of sp³-hybridized carbons (Fsp3) is 0.250. The zero-order chi connectivity index (χ0) is 15.2. The molecule has 2 rings (SSSR count). The largest absolute Gasteiger partial charge is 0.494 e. The molecule has 0 aliphatic heterocycles. The van der Waals surface area contributed by atoms with Gasteiger partial charge in [0.1, 0.15) is 17.4 Å². The van der Waals surface area contributed by atoms with Gasteiger partial charge in [-0.25, -0.2) is 8.78 Å². The Morgan fingerprint density at radius 3 is 2.52 bits per heavy atom. The Morgan fingerprint density at radius 2 is 1.86 bits per heavy atom. The van der Waals surface area contributed by atoms with Crippen molar-refractivity contribution in [3.8, 4) is 5.75 Å². The lowest BCUT2D eigenvalue weighted by molar-refractivity contribution is 0.340. The van der Waals surface area contributed by atoms with Crippen LogP contribution in [0, 0.1) is 11.6 Å². The zero-order valence-corrected chi connectivity index (χ0v) is 12.5. The highest BCUT2D eigenvalue weighted by Crippen LogP contribution is 2.27. The molecule has 21 heavy (non-hydrogen) atoms. The molecule has 0 aliphatic rings. The van der Waals surface area contributed by atoms with E-state index in [0.717, 1.165) is 23.4 Å². The van der Waals surface area contributed by atoms with Crippen molar-refractivity contribution in [2.24, 2.45) is 5.73 Å². The second kappa shape index (κ2) is 7.43. The number of thioether (sulfide) groups is 1. The van der Waals surface area contributed by atoms with E-state index in [1.165, 1.54) is 17.8 Å². The first-order chi connectivity index (χ1) is 10.1. The highest BCUT2D eigenvalue weighted by molar-refractivity contribution is 7.99. The van der Waals surface area contributed by atoms with Crippen LogP contribution in [0.5, 0.6) is 5.75 Å². The third-order valence-electron chi connectivity index (χ3n) is 2.93. The first-order valence-electron chi connectivity index (χ1n) is 6.66. The van der Waals surface area contributed by atoms with Crippen molar-refractivity contribution in [1.82, 2.24) is 0 Å². The van der Waals surface area contributed by atoms with Crippen LogP contribution < -0.4 is 10.5 Å². The van der Waals surface area contributed by atoms with Crippen molar-refractivity contribution in [2.45, 2.75) is 17.9 Å². The molecule has 0 heterocycles. The second-order valence-electron chi connectivity index (χ2n) is 4.49. The zero-order valence-electron chi connectivity index (χ0n) is 11.7. The van der Waals surface area contributed by atoms with E-state index in [0.29, 0.717) is 12.4 Å². The number of hydrogen-bond acceptors (Lipinski definition) is 3. The molecule has 0 saturated carbocycles. The minimum absolute atomic E-state index is 0.256. The van der Waals surface area contributed by atoms with Gasteiger partial charge < -0.3 is 10.5 Å². The van der Waals surface area contributed by atoms with Gasteiger partial charge in [-0.1, -0.05) is 12.1 Å². The van der Waals surface area contributed by atoms with Crippen molar-refractivity contribution < 1.29 is 13.5 Å². The number of ether oxygens (including phenoxy) is 1. The molecule has 0 saturated heterocycles. The SMILES string of the molecule is CCOc1ccc(C(N)CSc2cc(F)ccc2F)cc1. The van der Waals surface area contributed by atoms with Crippen molar-refractivity contribution in [3.05, 3.63) is 59.7 Å². The number of halogens is 2. The summed E-state index contributed by atoms with van der Waals surface area (Å²) in [4.78, 5) is 0.274. The van der Waals surface area contributed by atoms with Gasteiger partial charge in [-0.2, -0.15) is 0 Å². The van der Waals surface area contributed by atoms with E-state index in [2.05, 4.69) is 0 Å². The first kappa shape index (κ1) is 15.8. The summed E-state index contributed by atoms with van der Waals surface area (Å²) in [5, 5.41) is 0. The Balaban J connectivity index is 1.97. The van der Waals surface area contributed by atoms with Crippen LogP contribution in [-0.4, -0.2) is 12.4 Å². The monoisotopic (exact) mass is 309 g/mol. The molecular formula is C16H17F2NOS. The van der Waals surface area contributed by atoms with E-state index in [9.17, 15) is 8.78 Å². The lowest BCUT2D eigenvalue weighted by Gasteiger charge is -2.13.